The molecule has 1 atom stereocenters. The summed E-state index contributed by atoms with van der Waals surface area (Å²) in [5.41, 5.74) is 0.863. The maximum Gasteiger partial charge on any atom is 0.352 e. The van der Waals surface area contributed by atoms with Gasteiger partial charge in [-0.15, -0.1) is 0 Å². The van der Waals surface area contributed by atoms with Crippen molar-refractivity contribution in [3.05, 3.63) is 59.7 Å². The van der Waals surface area contributed by atoms with Crippen LogP contribution in [0.25, 0.3) is 0 Å². The van der Waals surface area contributed by atoms with Gasteiger partial charge in [-0.2, -0.15) is 5.26 Å². The molecule has 0 saturated heterocycles. The summed E-state index contributed by atoms with van der Waals surface area (Å²) in [6.07, 6.45) is -0.835. The Bertz CT molecular complexity index is 759. The molecule has 0 radical (unpaired) electrons. The highest BCUT2D eigenvalue weighted by Gasteiger charge is 2.17. The quantitative estimate of drug-likeness (QED) is 0.620. The summed E-state index contributed by atoms with van der Waals surface area (Å²) in [5, 5.41) is 8.74. The van der Waals surface area contributed by atoms with E-state index in [1.165, 1.54) is 31.4 Å². The first-order valence-electron chi connectivity index (χ1n) is 7.10. The minimum absolute atomic E-state index is 0.294. The highest BCUT2D eigenvalue weighted by atomic mass is 16.6. The number of carbonyl (C=O) groups excluding carboxylic acids is 2. The Kier molecular flexibility index (Phi) is 5.53. The average molecular weight is 325 g/mol. The number of esters is 2. The van der Waals surface area contributed by atoms with Gasteiger partial charge in [-0.1, -0.05) is 0 Å². The second-order valence-corrected chi connectivity index (χ2v) is 4.83. The summed E-state index contributed by atoms with van der Waals surface area (Å²) < 4.78 is 15.3. The van der Waals surface area contributed by atoms with Crippen molar-refractivity contribution in [2.24, 2.45) is 0 Å². The van der Waals surface area contributed by atoms with E-state index in [-0.39, 0.29) is 0 Å². The number of methoxy groups -OCH3 is 1. The summed E-state index contributed by atoms with van der Waals surface area (Å²) in [5.74, 6) is -0.294. The zero-order valence-corrected chi connectivity index (χ0v) is 13.2. The highest BCUT2D eigenvalue weighted by Crippen LogP contribution is 2.16. The first-order chi connectivity index (χ1) is 11.5. The number of rotatable bonds is 5. The van der Waals surface area contributed by atoms with E-state index in [9.17, 15) is 9.59 Å². The van der Waals surface area contributed by atoms with Crippen molar-refractivity contribution < 1.29 is 23.8 Å². The number of benzene rings is 2. The molecule has 2 rings (SSSR count). The zero-order valence-electron chi connectivity index (χ0n) is 13.2. The van der Waals surface area contributed by atoms with Crippen molar-refractivity contribution in [2.75, 3.05) is 7.11 Å². The van der Waals surface area contributed by atoms with E-state index >= 15 is 0 Å². The van der Waals surface area contributed by atoms with Crippen LogP contribution in [0.2, 0.25) is 0 Å². The smallest absolute Gasteiger partial charge is 0.352 e. The van der Waals surface area contributed by atoms with Gasteiger partial charge in [0.2, 0.25) is 0 Å². The van der Waals surface area contributed by atoms with Crippen LogP contribution in [0.5, 0.6) is 11.5 Å². The van der Waals surface area contributed by atoms with Crippen molar-refractivity contribution in [1.82, 2.24) is 0 Å². The first kappa shape index (κ1) is 17.0. The molecular formula is C18H15NO5. The molecule has 0 unspecified atom stereocenters. The molecule has 0 aliphatic rings. The largest absolute Gasteiger partial charge is 0.479 e. The molecule has 2 aromatic carbocycles. The van der Waals surface area contributed by atoms with Gasteiger partial charge in [0.25, 0.3) is 0 Å². The van der Waals surface area contributed by atoms with Gasteiger partial charge in [-0.3, -0.25) is 0 Å². The molecular weight excluding hydrogens is 310 g/mol. The van der Waals surface area contributed by atoms with Crippen LogP contribution in [0.4, 0.5) is 0 Å². The molecule has 0 fully saturated rings. The topological polar surface area (TPSA) is 85.6 Å². The fraction of sp³-hybridized carbons (Fsp3) is 0.167. The molecule has 2 aromatic rings. The van der Waals surface area contributed by atoms with E-state index in [1.807, 2.05) is 6.07 Å². The van der Waals surface area contributed by atoms with E-state index in [0.717, 1.165) is 0 Å². The molecule has 6 heteroatoms. The Balaban J connectivity index is 1.95. The summed E-state index contributed by atoms with van der Waals surface area (Å²) >= 11 is 0. The molecule has 0 aliphatic carbocycles. The lowest BCUT2D eigenvalue weighted by Crippen LogP contribution is -2.28. The van der Waals surface area contributed by atoms with E-state index in [4.69, 9.17) is 14.7 Å². The summed E-state index contributed by atoms with van der Waals surface area (Å²) in [4.78, 5) is 23.4. The third kappa shape index (κ3) is 4.34. The second-order valence-electron chi connectivity index (χ2n) is 4.83. The lowest BCUT2D eigenvalue weighted by atomic mass is 10.2. The van der Waals surface area contributed by atoms with Crippen molar-refractivity contribution >= 4 is 11.9 Å². The number of ether oxygens (including phenoxy) is 3. The maximum atomic E-state index is 12.0. The van der Waals surface area contributed by atoms with Crippen LogP contribution < -0.4 is 9.47 Å². The monoisotopic (exact) mass is 325 g/mol. The van der Waals surface area contributed by atoms with Crippen molar-refractivity contribution in [3.63, 3.8) is 0 Å². The maximum absolute atomic E-state index is 12.0. The van der Waals surface area contributed by atoms with Crippen LogP contribution >= 0.6 is 0 Å². The van der Waals surface area contributed by atoms with Gasteiger partial charge < -0.3 is 14.2 Å². The van der Waals surface area contributed by atoms with Crippen LogP contribution in [-0.4, -0.2) is 25.2 Å². The first-order valence-corrected chi connectivity index (χ1v) is 7.10. The molecule has 24 heavy (non-hydrogen) atoms. The number of nitrogens with zero attached hydrogens (tertiary/aromatic N) is 1. The van der Waals surface area contributed by atoms with Crippen molar-refractivity contribution in [1.29, 1.82) is 5.26 Å². The summed E-state index contributed by atoms with van der Waals surface area (Å²) in [6.45, 7) is 1.56. The van der Waals surface area contributed by atoms with E-state index in [0.29, 0.717) is 22.6 Å². The van der Waals surface area contributed by atoms with Gasteiger partial charge in [0.15, 0.2) is 6.10 Å². The SMILES string of the molecule is COC(=O)c1ccc(OC(=O)[C@H](C)Oc2ccc(C#N)cc2)cc1. The average Bonchev–Trinajstić information content (AvgIpc) is 2.62. The van der Waals surface area contributed by atoms with Crippen LogP contribution in [-0.2, 0) is 9.53 Å². The summed E-state index contributed by atoms with van der Waals surface area (Å²) in [6, 6.07) is 14.4. The Morgan fingerprint density at radius 3 is 2.12 bits per heavy atom. The molecule has 0 N–H and O–H groups in total. The molecule has 0 heterocycles. The van der Waals surface area contributed by atoms with Crippen molar-refractivity contribution in [2.45, 2.75) is 13.0 Å². The third-order valence-electron chi connectivity index (χ3n) is 3.12. The molecule has 0 aromatic heterocycles. The van der Waals surface area contributed by atoms with Crippen LogP contribution in [0.1, 0.15) is 22.8 Å². The van der Waals surface area contributed by atoms with Gasteiger partial charge in [0, 0.05) is 0 Å². The van der Waals surface area contributed by atoms with Gasteiger partial charge in [-0.05, 0) is 55.5 Å². The Hall–Kier alpha value is -3.33. The number of hydrogen-bond acceptors (Lipinski definition) is 6. The predicted octanol–water partition coefficient (Wildman–Crippen LogP) is 2.72. The van der Waals surface area contributed by atoms with Crippen molar-refractivity contribution in [3.8, 4) is 17.6 Å². The van der Waals surface area contributed by atoms with Gasteiger partial charge in [-0.25, -0.2) is 9.59 Å². The van der Waals surface area contributed by atoms with E-state index in [1.54, 1.807) is 31.2 Å². The molecule has 0 aliphatic heterocycles. The Morgan fingerprint density at radius 1 is 1.00 bits per heavy atom. The molecule has 0 bridgehead atoms. The lowest BCUT2D eigenvalue weighted by molar-refractivity contribution is -0.141. The molecule has 0 saturated carbocycles. The standard InChI is InChI=1S/C18H15NO5/c1-12(23-15-7-3-13(11-19)4-8-15)17(20)24-16-9-5-14(6-10-16)18(21)22-2/h3-10,12H,1-2H3/t12-/m0/s1. The highest BCUT2D eigenvalue weighted by molar-refractivity contribution is 5.89. The van der Waals surface area contributed by atoms with Gasteiger partial charge in [0.1, 0.15) is 11.5 Å². The van der Waals surface area contributed by atoms with Gasteiger partial charge in [0.05, 0.1) is 24.3 Å². The predicted molar refractivity (Wildman–Crippen MR) is 84.7 cm³/mol. The molecule has 6 nitrogen and oxygen atoms in total. The Labute approximate surface area is 139 Å². The van der Waals surface area contributed by atoms with E-state index in [2.05, 4.69) is 4.74 Å². The van der Waals surface area contributed by atoms with Gasteiger partial charge >= 0.3 is 11.9 Å². The minimum Gasteiger partial charge on any atom is -0.479 e. The fourth-order valence-corrected chi connectivity index (χ4v) is 1.84. The van der Waals surface area contributed by atoms with Crippen LogP contribution in [0, 0.1) is 11.3 Å². The lowest BCUT2D eigenvalue weighted by Gasteiger charge is -2.14. The Morgan fingerprint density at radius 2 is 1.58 bits per heavy atom. The number of carbonyl (C=O) groups is 2. The van der Waals surface area contributed by atoms with E-state index < -0.39 is 18.0 Å². The van der Waals surface area contributed by atoms with Crippen LogP contribution in [0.15, 0.2) is 48.5 Å². The second kappa shape index (κ2) is 7.79. The third-order valence-corrected chi connectivity index (χ3v) is 3.12. The van der Waals surface area contributed by atoms with Crippen LogP contribution in [0.3, 0.4) is 0 Å². The minimum atomic E-state index is -0.835. The fourth-order valence-electron chi connectivity index (χ4n) is 1.84. The number of nitriles is 1. The molecule has 0 amide bonds. The summed E-state index contributed by atoms with van der Waals surface area (Å²) in [7, 11) is 1.29. The normalized spacial score (nSPS) is 11.0. The zero-order chi connectivity index (χ0) is 17.5. The molecule has 122 valence electrons. The number of hydrogen-bond donors (Lipinski definition) is 0. The molecule has 0 spiro atoms.